The van der Waals surface area contributed by atoms with Gasteiger partial charge in [0.05, 0.1) is 20.1 Å². The number of hydrogen-bond acceptors (Lipinski definition) is 1. The second kappa shape index (κ2) is 4.31. The van der Waals surface area contributed by atoms with Crippen LogP contribution in [0, 0.1) is 0 Å². The van der Waals surface area contributed by atoms with Gasteiger partial charge in [0.15, 0.2) is 0 Å². The number of quaternary nitrogens is 1. The normalized spacial score (nSPS) is 14.1. The molecule has 2 N–H and O–H groups in total. The maximum atomic E-state index is 5.82. The largest absolute Gasteiger partial charge is 0.305 e. The van der Waals surface area contributed by atoms with Crippen molar-refractivity contribution in [3.8, 4) is 0 Å². The van der Waals surface area contributed by atoms with Crippen molar-refractivity contribution in [3.63, 3.8) is 0 Å². The molecule has 2 nitrogen and oxygen atoms in total. The lowest BCUT2D eigenvalue weighted by Gasteiger charge is -2.36. The number of rotatable bonds is 5. The predicted molar refractivity (Wildman–Crippen MR) is 50.0 cm³/mol. The van der Waals surface area contributed by atoms with E-state index in [0.717, 1.165) is 17.6 Å². The van der Waals surface area contributed by atoms with Gasteiger partial charge in [-0.05, 0) is 12.2 Å². The SMILES string of the molecule is C=CC[N+](C)(CC=C)[C@@H](C)N. The molecule has 64 valence electrons. The zero-order valence-corrected chi connectivity index (χ0v) is 7.59. The summed E-state index contributed by atoms with van der Waals surface area (Å²) in [5.74, 6) is 0. The summed E-state index contributed by atoms with van der Waals surface area (Å²) >= 11 is 0. The summed E-state index contributed by atoms with van der Waals surface area (Å²) in [5.41, 5.74) is 5.82. The van der Waals surface area contributed by atoms with Crippen molar-refractivity contribution < 1.29 is 4.48 Å². The molecule has 0 spiro atoms. The van der Waals surface area contributed by atoms with Gasteiger partial charge in [-0.15, -0.1) is 0 Å². The Balaban J connectivity index is 4.23. The van der Waals surface area contributed by atoms with Crippen molar-refractivity contribution in [1.29, 1.82) is 0 Å². The molecule has 0 heterocycles. The molecular weight excluding hydrogens is 136 g/mol. The van der Waals surface area contributed by atoms with Crippen LogP contribution in [-0.4, -0.2) is 30.8 Å². The molecule has 11 heavy (non-hydrogen) atoms. The summed E-state index contributed by atoms with van der Waals surface area (Å²) in [6.07, 6.45) is 3.92. The molecule has 0 aromatic heterocycles. The average Bonchev–Trinajstić information content (AvgIpc) is 1.88. The number of hydrogen-bond donors (Lipinski definition) is 1. The lowest BCUT2D eigenvalue weighted by Crippen LogP contribution is -2.55. The molecule has 0 unspecified atom stereocenters. The van der Waals surface area contributed by atoms with Crippen LogP contribution in [0.15, 0.2) is 25.3 Å². The Bertz CT molecular complexity index is 128. The summed E-state index contributed by atoms with van der Waals surface area (Å²) in [7, 11) is 2.11. The molecule has 0 amide bonds. The zero-order chi connectivity index (χ0) is 8.91. The lowest BCUT2D eigenvalue weighted by molar-refractivity contribution is -0.920. The van der Waals surface area contributed by atoms with Crippen LogP contribution in [0.3, 0.4) is 0 Å². The Morgan fingerprint density at radius 1 is 1.36 bits per heavy atom. The van der Waals surface area contributed by atoms with Gasteiger partial charge in [-0.3, -0.25) is 5.73 Å². The first-order chi connectivity index (χ1) is 5.06. The van der Waals surface area contributed by atoms with Gasteiger partial charge < -0.3 is 4.48 Å². The second-order valence-electron chi connectivity index (χ2n) is 3.16. The standard InChI is InChI=1S/C9H19N2/c1-5-7-11(4,8-6-2)9(3)10/h5-6,9H,1-2,7-8,10H2,3-4H3/q+1/t9-/m0/s1. The summed E-state index contributed by atoms with van der Waals surface area (Å²) in [6.45, 7) is 11.2. The Labute approximate surface area is 69.6 Å². The third-order valence-electron chi connectivity index (χ3n) is 2.08. The van der Waals surface area contributed by atoms with E-state index in [1.165, 1.54) is 0 Å². The molecule has 0 aliphatic carbocycles. The van der Waals surface area contributed by atoms with E-state index < -0.39 is 0 Å². The average molecular weight is 155 g/mol. The molecule has 0 fully saturated rings. The highest BCUT2D eigenvalue weighted by atomic mass is 15.4. The van der Waals surface area contributed by atoms with Crippen LogP contribution in [0.25, 0.3) is 0 Å². The molecule has 0 aliphatic heterocycles. The molecule has 0 aromatic carbocycles. The monoisotopic (exact) mass is 155 g/mol. The quantitative estimate of drug-likeness (QED) is 0.359. The van der Waals surface area contributed by atoms with Crippen LogP contribution in [-0.2, 0) is 0 Å². The van der Waals surface area contributed by atoms with Gasteiger partial charge in [0.1, 0.15) is 6.17 Å². The van der Waals surface area contributed by atoms with E-state index in [0.29, 0.717) is 0 Å². The smallest absolute Gasteiger partial charge is 0.137 e. The Morgan fingerprint density at radius 2 is 1.73 bits per heavy atom. The minimum absolute atomic E-state index is 0.131. The first kappa shape index (κ1) is 10.4. The summed E-state index contributed by atoms with van der Waals surface area (Å²) in [4.78, 5) is 0. The van der Waals surface area contributed by atoms with Crippen LogP contribution in [0.5, 0.6) is 0 Å². The minimum atomic E-state index is 0.131. The highest BCUT2D eigenvalue weighted by Gasteiger charge is 2.22. The lowest BCUT2D eigenvalue weighted by atomic mass is 10.3. The highest BCUT2D eigenvalue weighted by Crippen LogP contribution is 2.05. The number of likely N-dealkylation sites (N-methyl/N-ethyl adjacent to an activating group) is 1. The Kier molecular flexibility index (Phi) is 4.08. The van der Waals surface area contributed by atoms with Crippen molar-refractivity contribution in [1.82, 2.24) is 0 Å². The first-order valence-electron chi connectivity index (χ1n) is 3.88. The van der Waals surface area contributed by atoms with Crippen LogP contribution in [0.1, 0.15) is 6.92 Å². The first-order valence-corrected chi connectivity index (χ1v) is 3.88. The molecule has 0 saturated heterocycles. The van der Waals surface area contributed by atoms with Crippen molar-refractivity contribution in [2.24, 2.45) is 5.73 Å². The molecule has 0 radical (unpaired) electrons. The molecule has 2 heteroatoms. The van der Waals surface area contributed by atoms with Crippen LogP contribution in [0.4, 0.5) is 0 Å². The topological polar surface area (TPSA) is 26.0 Å². The Hall–Kier alpha value is -0.600. The van der Waals surface area contributed by atoms with Gasteiger partial charge in [-0.2, -0.15) is 0 Å². The van der Waals surface area contributed by atoms with E-state index in [9.17, 15) is 0 Å². The van der Waals surface area contributed by atoms with Crippen LogP contribution >= 0.6 is 0 Å². The molecule has 0 aliphatic rings. The van der Waals surface area contributed by atoms with E-state index in [4.69, 9.17) is 5.73 Å². The van der Waals surface area contributed by atoms with Crippen molar-refractivity contribution in [2.75, 3.05) is 20.1 Å². The zero-order valence-electron chi connectivity index (χ0n) is 7.59. The third-order valence-corrected chi connectivity index (χ3v) is 2.08. The van der Waals surface area contributed by atoms with Gasteiger partial charge in [0, 0.05) is 6.92 Å². The fraction of sp³-hybridized carbons (Fsp3) is 0.556. The number of nitrogens with two attached hydrogens (primary N) is 1. The van der Waals surface area contributed by atoms with E-state index in [2.05, 4.69) is 20.2 Å². The van der Waals surface area contributed by atoms with Crippen LogP contribution < -0.4 is 5.73 Å². The molecule has 0 rings (SSSR count). The molecule has 1 atom stereocenters. The number of nitrogens with zero attached hydrogens (tertiary/aromatic N) is 1. The Morgan fingerprint density at radius 3 is 1.91 bits per heavy atom. The summed E-state index contributed by atoms with van der Waals surface area (Å²) in [5, 5.41) is 0. The van der Waals surface area contributed by atoms with Crippen LogP contribution in [0.2, 0.25) is 0 Å². The predicted octanol–water partition coefficient (Wildman–Crippen LogP) is 1.11. The minimum Gasteiger partial charge on any atom is -0.305 e. The van der Waals surface area contributed by atoms with Gasteiger partial charge in [0.2, 0.25) is 0 Å². The highest BCUT2D eigenvalue weighted by molar-refractivity contribution is 4.71. The van der Waals surface area contributed by atoms with E-state index >= 15 is 0 Å². The molecule has 0 bridgehead atoms. The molecule has 0 aromatic rings. The summed E-state index contributed by atoms with van der Waals surface area (Å²) < 4.78 is 0.785. The second-order valence-corrected chi connectivity index (χ2v) is 3.16. The maximum absolute atomic E-state index is 5.82. The van der Waals surface area contributed by atoms with E-state index in [1.54, 1.807) is 0 Å². The third kappa shape index (κ3) is 2.87. The maximum Gasteiger partial charge on any atom is 0.137 e. The van der Waals surface area contributed by atoms with Gasteiger partial charge in [0.25, 0.3) is 0 Å². The van der Waals surface area contributed by atoms with Crippen molar-refractivity contribution in [3.05, 3.63) is 25.3 Å². The van der Waals surface area contributed by atoms with E-state index in [1.807, 2.05) is 19.1 Å². The van der Waals surface area contributed by atoms with Crippen molar-refractivity contribution >= 4 is 0 Å². The fourth-order valence-corrected chi connectivity index (χ4v) is 0.997. The molecule has 0 saturated carbocycles. The van der Waals surface area contributed by atoms with Gasteiger partial charge in [-0.1, -0.05) is 13.2 Å². The van der Waals surface area contributed by atoms with E-state index in [-0.39, 0.29) is 6.17 Å². The summed E-state index contributed by atoms with van der Waals surface area (Å²) in [6, 6.07) is 0. The van der Waals surface area contributed by atoms with Gasteiger partial charge in [-0.25, -0.2) is 0 Å². The van der Waals surface area contributed by atoms with Gasteiger partial charge >= 0.3 is 0 Å². The molecular formula is C9H19N2+. The van der Waals surface area contributed by atoms with Crippen molar-refractivity contribution in [2.45, 2.75) is 13.1 Å². The fourth-order valence-electron chi connectivity index (χ4n) is 0.997.